The number of methoxy groups -OCH3 is 2. The number of carbonyl (C=O) groups excluding carboxylic acids is 2. The van der Waals surface area contributed by atoms with Gasteiger partial charge in [0.25, 0.3) is 17.4 Å². The summed E-state index contributed by atoms with van der Waals surface area (Å²) >= 11 is 0. The summed E-state index contributed by atoms with van der Waals surface area (Å²) in [5, 5.41) is 19.9. The molecular formula is C25H28N4O6. The molecule has 10 heteroatoms. The van der Waals surface area contributed by atoms with E-state index in [1.54, 1.807) is 6.92 Å². The number of ether oxygens (including phenoxy) is 2. The van der Waals surface area contributed by atoms with Gasteiger partial charge in [-0.25, -0.2) is 4.85 Å². The fourth-order valence-electron chi connectivity index (χ4n) is 3.70. The molecule has 10 nitrogen and oxygen atoms in total. The van der Waals surface area contributed by atoms with Crippen LogP contribution in [0.2, 0.25) is 0 Å². The van der Waals surface area contributed by atoms with Gasteiger partial charge >= 0.3 is 0 Å². The minimum atomic E-state index is -0.651. The Morgan fingerprint density at radius 3 is 2.29 bits per heavy atom. The summed E-state index contributed by atoms with van der Waals surface area (Å²) in [6, 6.07) is 1.87. The van der Waals surface area contributed by atoms with Crippen LogP contribution < -0.4 is 5.56 Å². The second kappa shape index (κ2) is 12.5. The molecule has 1 N–H and O–H groups in total. The highest BCUT2D eigenvalue weighted by molar-refractivity contribution is 6.18. The van der Waals surface area contributed by atoms with Crippen molar-refractivity contribution in [3.8, 4) is 11.9 Å². The van der Waals surface area contributed by atoms with Gasteiger partial charge in [0.15, 0.2) is 5.88 Å². The molecule has 0 saturated carbocycles. The van der Waals surface area contributed by atoms with Crippen LogP contribution in [-0.4, -0.2) is 60.4 Å². The molecule has 0 bridgehead atoms. The number of carbonyl (C=O) groups is 2. The van der Waals surface area contributed by atoms with Crippen LogP contribution in [0.25, 0.3) is 10.9 Å². The van der Waals surface area contributed by atoms with Crippen LogP contribution in [0.3, 0.4) is 0 Å². The van der Waals surface area contributed by atoms with Gasteiger partial charge in [-0.1, -0.05) is 12.2 Å². The Morgan fingerprint density at radius 1 is 1.09 bits per heavy atom. The first-order chi connectivity index (χ1) is 16.7. The van der Waals surface area contributed by atoms with Gasteiger partial charge in [-0.2, -0.15) is 5.26 Å². The van der Waals surface area contributed by atoms with Crippen molar-refractivity contribution in [2.24, 2.45) is 0 Å². The summed E-state index contributed by atoms with van der Waals surface area (Å²) in [6.45, 7) is 11.5. The van der Waals surface area contributed by atoms with Crippen molar-refractivity contribution in [1.29, 1.82) is 5.26 Å². The first-order valence-corrected chi connectivity index (χ1v) is 10.9. The molecule has 0 fully saturated rings. The van der Waals surface area contributed by atoms with Gasteiger partial charge in [-0.15, -0.1) is 0 Å². The van der Waals surface area contributed by atoms with E-state index in [0.29, 0.717) is 31.6 Å². The SMILES string of the molecule is [C-]#[N+]c1c(C)c(/C=C/C=C2\C(=O)N(CCCOC)C(=O)C(C#N)=C2C)c(=O)n(CCCOC)c1O. The Morgan fingerprint density at radius 2 is 1.71 bits per heavy atom. The van der Waals surface area contributed by atoms with Gasteiger partial charge in [0.1, 0.15) is 11.6 Å². The topological polar surface area (TPSA) is 126 Å². The van der Waals surface area contributed by atoms with Crippen molar-refractivity contribution in [3.63, 3.8) is 0 Å². The van der Waals surface area contributed by atoms with Gasteiger partial charge < -0.3 is 14.6 Å². The van der Waals surface area contributed by atoms with Crippen LogP contribution in [-0.2, 0) is 25.6 Å². The van der Waals surface area contributed by atoms with E-state index < -0.39 is 23.3 Å². The molecular weight excluding hydrogens is 452 g/mol. The number of aromatic hydroxyl groups is 1. The Kier molecular flexibility index (Phi) is 9.71. The largest absolute Gasteiger partial charge is 0.503 e. The van der Waals surface area contributed by atoms with Gasteiger partial charge in [0.2, 0.25) is 5.69 Å². The minimum absolute atomic E-state index is 0.0409. The molecule has 0 unspecified atom stereocenters. The van der Waals surface area contributed by atoms with E-state index >= 15 is 0 Å². The van der Waals surface area contributed by atoms with Crippen molar-refractivity contribution >= 4 is 23.6 Å². The molecule has 0 atom stereocenters. The monoisotopic (exact) mass is 480 g/mol. The number of allylic oxidation sites excluding steroid dienone is 2. The minimum Gasteiger partial charge on any atom is -0.503 e. The predicted octanol–water partition coefficient (Wildman–Crippen LogP) is 2.63. The van der Waals surface area contributed by atoms with Crippen molar-refractivity contribution in [1.82, 2.24) is 9.47 Å². The smallest absolute Gasteiger partial charge is 0.271 e. The fraction of sp³-hybridized carbons (Fsp3) is 0.400. The van der Waals surface area contributed by atoms with E-state index in [1.807, 2.05) is 6.07 Å². The maximum Gasteiger partial charge on any atom is 0.271 e. The lowest BCUT2D eigenvalue weighted by atomic mass is 9.94. The highest BCUT2D eigenvalue weighted by atomic mass is 16.5. The zero-order chi connectivity index (χ0) is 26.1. The number of amides is 2. The third-order valence-corrected chi connectivity index (χ3v) is 5.63. The lowest BCUT2D eigenvalue weighted by molar-refractivity contribution is -0.140. The summed E-state index contributed by atoms with van der Waals surface area (Å²) in [5.74, 6) is -1.60. The average Bonchev–Trinajstić information content (AvgIpc) is 2.83. The van der Waals surface area contributed by atoms with Crippen molar-refractivity contribution in [2.45, 2.75) is 33.2 Å². The maximum atomic E-state index is 13.0. The fourth-order valence-corrected chi connectivity index (χ4v) is 3.70. The first-order valence-electron chi connectivity index (χ1n) is 10.9. The van der Waals surface area contributed by atoms with Crippen LogP contribution in [0.1, 0.15) is 30.9 Å². The molecule has 0 aromatic carbocycles. The number of imide groups is 1. The van der Waals surface area contributed by atoms with Crippen LogP contribution in [0.15, 0.2) is 33.7 Å². The molecule has 2 heterocycles. The Balaban J connectivity index is 2.52. The van der Waals surface area contributed by atoms with Crippen molar-refractivity contribution < 1.29 is 24.2 Å². The number of pyridine rings is 1. The number of aromatic nitrogens is 1. The Bertz CT molecular complexity index is 1240. The van der Waals surface area contributed by atoms with E-state index in [-0.39, 0.29) is 41.1 Å². The molecule has 0 radical (unpaired) electrons. The summed E-state index contributed by atoms with van der Waals surface area (Å²) in [6.07, 6.45) is 5.22. The van der Waals surface area contributed by atoms with Crippen LogP contribution in [0.4, 0.5) is 5.69 Å². The molecule has 0 spiro atoms. The highest BCUT2D eigenvalue weighted by Gasteiger charge is 2.34. The van der Waals surface area contributed by atoms with E-state index in [1.165, 1.54) is 39.4 Å². The highest BCUT2D eigenvalue weighted by Crippen LogP contribution is 2.31. The maximum absolute atomic E-state index is 13.0. The first kappa shape index (κ1) is 27.3. The normalized spacial score (nSPS) is 15.3. The molecule has 1 aliphatic rings. The number of hydrogen-bond donors (Lipinski definition) is 1. The molecule has 1 aromatic heterocycles. The van der Waals surface area contributed by atoms with E-state index in [2.05, 4.69) is 4.85 Å². The summed E-state index contributed by atoms with van der Waals surface area (Å²) in [5.41, 5.74) is 0.222. The summed E-state index contributed by atoms with van der Waals surface area (Å²) < 4.78 is 11.1. The molecule has 1 aromatic rings. The lowest BCUT2D eigenvalue weighted by Gasteiger charge is -2.27. The predicted molar refractivity (Wildman–Crippen MR) is 129 cm³/mol. The van der Waals surface area contributed by atoms with E-state index in [4.69, 9.17) is 16.0 Å². The number of hydrogen-bond acceptors (Lipinski definition) is 7. The second-order valence-corrected chi connectivity index (χ2v) is 7.79. The average molecular weight is 481 g/mol. The third kappa shape index (κ3) is 5.75. The summed E-state index contributed by atoms with van der Waals surface area (Å²) in [7, 11) is 3.04. The van der Waals surface area contributed by atoms with E-state index in [0.717, 1.165) is 9.47 Å². The zero-order valence-electron chi connectivity index (χ0n) is 20.3. The van der Waals surface area contributed by atoms with Crippen molar-refractivity contribution in [3.05, 3.63) is 61.8 Å². The third-order valence-electron chi connectivity index (χ3n) is 5.63. The van der Waals surface area contributed by atoms with Gasteiger partial charge in [-0.05, 0) is 43.9 Å². The molecule has 1 aliphatic heterocycles. The molecule has 2 amide bonds. The molecule has 0 aliphatic carbocycles. The van der Waals surface area contributed by atoms with E-state index in [9.17, 15) is 24.8 Å². The summed E-state index contributed by atoms with van der Waals surface area (Å²) in [4.78, 5) is 43.0. The second-order valence-electron chi connectivity index (χ2n) is 7.79. The molecule has 2 rings (SSSR count). The van der Waals surface area contributed by atoms with Crippen molar-refractivity contribution in [2.75, 3.05) is 34.0 Å². The quantitative estimate of drug-likeness (QED) is 0.236. The van der Waals surface area contributed by atoms with Gasteiger partial charge in [0, 0.05) is 51.7 Å². The van der Waals surface area contributed by atoms with Crippen LogP contribution >= 0.6 is 0 Å². The zero-order valence-corrected chi connectivity index (χ0v) is 20.3. The Labute approximate surface area is 203 Å². The van der Waals surface area contributed by atoms with Gasteiger partial charge in [-0.3, -0.25) is 23.9 Å². The lowest BCUT2D eigenvalue weighted by Crippen LogP contribution is -2.43. The van der Waals surface area contributed by atoms with Gasteiger partial charge in [0.05, 0.1) is 6.57 Å². The molecule has 35 heavy (non-hydrogen) atoms. The number of rotatable bonds is 10. The number of nitrogens with zero attached hydrogens (tertiary/aromatic N) is 4. The molecule has 0 saturated heterocycles. The number of nitriles is 1. The standard InChI is InChI=1S/C25H28N4O6/c1-16-18(22(30)28(11-7-13-34-4)24(32)20(16)15-26)9-6-10-19-17(2)21(27-3)25(33)29(23(19)31)12-8-14-35-5/h6,9-10,33H,7-8,11-14H2,1-2,4-5H3/b10-6+,18-9-. The Hall–Kier alpha value is -3.99. The van der Waals surface area contributed by atoms with Crippen LogP contribution in [0.5, 0.6) is 5.88 Å². The molecule has 184 valence electrons. The van der Waals surface area contributed by atoms with Crippen LogP contribution in [0, 0.1) is 24.8 Å².